The zero-order valence-electron chi connectivity index (χ0n) is 12.6. The Bertz CT molecular complexity index is 409. The highest BCUT2D eigenvalue weighted by Gasteiger charge is 2.29. The van der Waals surface area contributed by atoms with Crippen molar-refractivity contribution in [3.8, 4) is 0 Å². The molecule has 1 N–H and O–H groups in total. The van der Waals surface area contributed by atoms with Gasteiger partial charge in [-0.25, -0.2) is 12.7 Å². The lowest BCUT2D eigenvalue weighted by atomic mass is 9.99. The number of sulfonamides is 1. The normalized spacial score (nSPS) is 21.1. The average Bonchev–Trinajstić information content (AvgIpc) is 2.37. The predicted octanol–water partition coefficient (Wildman–Crippen LogP) is 0.589. The minimum atomic E-state index is -3.20. The number of hydrogen-bond acceptors (Lipinski definition) is 4. The third-order valence-electron chi connectivity index (χ3n) is 3.30. The van der Waals surface area contributed by atoms with Gasteiger partial charge in [-0.15, -0.1) is 0 Å². The van der Waals surface area contributed by atoms with Crippen LogP contribution in [0.5, 0.6) is 0 Å². The van der Waals surface area contributed by atoms with E-state index in [9.17, 15) is 13.2 Å². The molecule has 1 atom stereocenters. The van der Waals surface area contributed by atoms with E-state index in [1.165, 1.54) is 10.6 Å². The quantitative estimate of drug-likeness (QED) is 0.699. The van der Waals surface area contributed by atoms with E-state index >= 15 is 0 Å². The molecule has 0 unspecified atom stereocenters. The number of nitrogens with zero attached hydrogens (tertiary/aromatic N) is 1. The molecule has 20 heavy (non-hydrogen) atoms. The lowest BCUT2D eigenvalue weighted by Gasteiger charge is -2.30. The molecule has 0 saturated carbocycles. The summed E-state index contributed by atoms with van der Waals surface area (Å²) in [6, 6.07) is 0. The Hall–Kier alpha value is -0.660. The summed E-state index contributed by atoms with van der Waals surface area (Å²) in [5.74, 6) is -0.285. The number of ether oxygens (including phenoxy) is 1. The first-order chi connectivity index (χ1) is 9.30. The summed E-state index contributed by atoms with van der Waals surface area (Å²) in [5.41, 5.74) is 0. The van der Waals surface area contributed by atoms with Gasteiger partial charge in [0.05, 0.1) is 18.3 Å². The second-order valence-electron chi connectivity index (χ2n) is 5.52. The molecule has 118 valence electrons. The number of carbonyl (C=O) groups excluding carboxylic acids is 1. The maximum atomic E-state index is 12.0. The maximum Gasteiger partial charge on any atom is 0.224 e. The van der Waals surface area contributed by atoms with Crippen LogP contribution in [0.1, 0.15) is 33.1 Å². The summed E-state index contributed by atoms with van der Waals surface area (Å²) in [6.45, 7) is 5.96. The van der Waals surface area contributed by atoms with E-state index in [0.717, 1.165) is 19.3 Å². The first-order valence-corrected chi connectivity index (χ1v) is 9.00. The molecule has 0 aromatic rings. The molecule has 1 saturated heterocycles. The Labute approximate surface area is 121 Å². The summed E-state index contributed by atoms with van der Waals surface area (Å²) in [5, 5.41) is 2.86. The lowest BCUT2D eigenvalue weighted by molar-refractivity contribution is -0.126. The zero-order valence-corrected chi connectivity index (χ0v) is 13.4. The largest absolute Gasteiger partial charge is 0.379 e. The van der Waals surface area contributed by atoms with E-state index in [0.29, 0.717) is 26.2 Å². The molecule has 1 amide bonds. The van der Waals surface area contributed by atoms with Gasteiger partial charge in [0.2, 0.25) is 15.9 Å². The lowest BCUT2D eigenvalue weighted by Crippen LogP contribution is -2.45. The van der Waals surface area contributed by atoms with Crippen molar-refractivity contribution in [3.05, 3.63) is 0 Å². The summed E-state index contributed by atoms with van der Waals surface area (Å²) in [7, 11) is -3.20. The van der Waals surface area contributed by atoms with Crippen LogP contribution in [0.2, 0.25) is 0 Å². The molecule has 1 fully saturated rings. The fourth-order valence-corrected chi connectivity index (χ4v) is 3.12. The topological polar surface area (TPSA) is 75.7 Å². The number of amides is 1. The van der Waals surface area contributed by atoms with Gasteiger partial charge < -0.3 is 10.1 Å². The van der Waals surface area contributed by atoms with Gasteiger partial charge in [0.25, 0.3) is 0 Å². The highest BCUT2D eigenvalue weighted by molar-refractivity contribution is 7.88. The van der Waals surface area contributed by atoms with Crippen LogP contribution in [-0.4, -0.2) is 57.2 Å². The van der Waals surface area contributed by atoms with Crippen molar-refractivity contribution in [1.82, 2.24) is 9.62 Å². The molecule has 0 radical (unpaired) electrons. The fourth-order valence-electron chi connectivity index (χ4n) is 2.20. The monoisotopic (exact) mass is 306 g/mol. The standard InChI is InChI=1S/C13H26N2O4S/c1-11(2)19-9-5-7-14-13(16)12-6-4-8-15(10-12)20(3,17)18/h11-12H,4-10H2,1-3H3,(H,14,16)/t12-/m0/s1. The molecule has 6 nitrogen and oxygen atoms in total. The number of rotatable bonds is 7. The van der Waals surface area contributed by atoms with Crippen molar-refractivity contribution in [2.24, 2.45) is 5.92 Å². The van der Waals surface area contributed by atoms with Crippen molar-refractivity contribution >= 4 is 15.9 Å². The van der Waals surface area contributed by atoms with Crippen molar-refractivity contribution in [2.75, 3.05) is 32.5 Å². The fraction of sp³-hybridized carbons (Fsp3) is 0.923. The van der Waals surface area contributed by atoms with E-state index < -0.39 is 10.0 Å². The van der Waals surface area contributed by atoms with Crippen molar-refractivity contribution in [2.45, 2.75) is 39.2 Å². The van der Waals surface area contributed by atoms with Crippen molar-refractivity contribution in [3.63, 3.8) is 0 Å². The molecule has 0 bridgehead atoms. The van der Waals surface area contributed by atoms with Crippen LogP contribution in [0.4, 0.5) is 0 Å². The molecule has 7 heteroatoms. The molecule has 0 aliphatic carbocycles. The van der Waals surface area contributed by atoms with E-state index in [4.69, 9.17) is 4.74 Å². The van der Waals surface area contributed by atoms with E-state index in [-0.39, 0.29) is 17.9 Å². The van der Waals surface area contributed by atoms with Crippen LogP contribution in [-0.2, 0) is 19.6 Å². The molecule has 0 spiro atoms. The van der Waals surface area contributed by atoms with Gasteiger partial charge in [-0.2, -0.15) is 0 Å². The average molecular weight is 306 g/mol. The van der Waals surface area contributed by atoms with Crippen LogP contribution in [0, 0.1) is 5.92 Å². The zero-order chi connectivity index (χ0) is 15.2. The molecular formula is C13H26N2O4S. The third-order valence-corrected chi connectivity index (χ3v) is 4.57. The maximum absolute atomic E-state index is 12.0. The van der Waals surface area contributed by atoms with Gasteiger partial charge in [-0.05, 0) is 33.1 Å². The van der Waals surface area contributed by atoms with Gasteiger partial charge in [0.15, 0.2) is 0 Å². The smallest absolute Gasteiger partial charge is 0.224 e. The van der Waals surface area contributed by atoms with E-state index in [1.807, 2.05) is 13.8 Å². The van der Waals surface area contributed by atoms with Gasteiger partial charge in [-0.3, -0.25) is 4.79 Å². The first-order valence-electron chi connectivity index (χ1n) is 7.15. The summed E-state index contributed by atoms with van der Waals surface area (Å²) < 4.78 is 29.8. The van der Waals surface area contributed by atoms with Crippen LogP contribution in [0.25, 0.3) is 0 Å². The highest BCUT2D eigenvalue weighted by Crippen LogP contribution is 2.18. The minimum absolute atomic E-state index is 0.0529. The molecular weight excluding hydrogens is 280 g/mol. The minimum Gasteiger partial charge on any atom is -0.379 e. The van der Waals surface area contributed by atoms with Gasteiger partial charge >= 0.3 is 0 Å². The molecule has 1 heterocycles. The van der Waals surface area contributed by atoms with Crippen molar-refractivity contribution < 1.29 is 17.9 Å². The van der Waals surface area contributed by atoms with E-state index in [2.05, 4.69) is 5.32 Å². The Kier molecular flexibility index (Phi) is 6.91. The van der Waals surface area contributed by atoms with Crippen LogP contribution in [0.3, 0.4) is 0 Å². The Morgan fingerprint density at radius 1 is 1.45 bits per heavy atom. The molecule has 0 aromatic carbocycles. The van der Waals surface area contributed by atoms with Gasteiger partial charge in [-0.1, -0.05) is 0 Å². The summed E-state index contributed by atoms with van der Waals surface area (Å²) in [6.07, 6.45) is 3.65. The highest BCUT2D eigenvalue weighted by atomic mass is 32.2. The number of nitrogens with one attached hydrogen (secondary N) is 1. The first kappa shape index (κ1) is 17.4. The second-order valence-corrected chi connectivity index (χ2v) is 7.51. The van der Waals surface area contributed by atoms with Crippen molar-refractivity contribution in [1.29, 1.82) is 0 Å². The molecule has 1 aliphatic rings. The number of hydrogen-bond donors (Lipinski definition) is 1. The Morgan fingerprint density at radius 2 is 2.15 bits per heavy atom. The molecule has 1 aliphatic heterocycles. The summed E-state index contributed by atoms with van der Waals surface area (Å²) >= 11 is 0. The molecule has 0 aromatic heterocycles. The molecule has 1 rings (SSSR count). The Morgan fingerprint density at radius 3 is 2.75 bits per heavy atom. The van der Waals surface area contributed by atoms with Crippen LogP contribution >= 0.6 is 0 Å². The summed E-state index contributed by atoms with van der Waals surface area (Å²) in [4.78, 5) is 12.0. The predicted molar refractivity (Wildman–Crippen MR) is 77.9 cm³/mol. The van der Waals surface area contributed by atoms with Crippen LogP contribution in [0.15, 0.2) is 0 Å². The third kappa shape index (κ3) is 6.19. The van der Waals surface area contributed by atoms with Gasteiger partial charge in [0, 0.05) is 26.2 Å². The Balaban J connectivity index is 2.29. The van der Waals surface area contributed by atoms with Gasteiger partial charge in [0.1, 0.15) is 0 Å². The second kappa shape index (κ2) is 7.95. The SMILES string of the molecule is CC(C)OCCCNC(=O)[C@H]1CCCN(S(C)(=O)=O)C1. The van der Waals surface area contributed by atoms with E-state index in [1.54, 1.807) is 0 Å². The number of piperidine rings is 1. The van der Waals surface area contributed by atoms with Crippen LogP contribution < -0.4 is 5.32 Å². The number of carbonyl (C=O) groups is 1.